The van der Waals surface area contributed by atoms with E-state index < -0.39 is 5.82 Å². The number of hydrogen-bond donors (Lipinski definition) is 1. The van der Waals surface area contributed by atoms with Gasteiger partial charge < -0.3 is 9.73 Å². The van der Waals surface area contributed by atoms with Crippen molar-refractivity contribution >= 4 is 27.5 Å². The molecule has 0 aliphatic heterocycles. The van der Waals surface area contributed by atoms with Crippen LogP contribution in [0.15, 0.2) is 39.4 Å². The highest BCUT2D eigenvalue weighted by Gasteiger charge is 2.21. The average molecular weight is 333 g/mol. The second-order valence-electron chi connectivity index (χ2n) is 3.77. The van der Waals surface area contributed by atoms with E-state index in [9.17, 15) is 4.39 Å². The lowest BCUT2D eigenvalue weighted by atomic mass is 10.0. The molecule has 18 heavy (non-hydrogen) atoms. The summed E-state index contributed by atoms with van der Waals surface area (Å²) in [6, 6.07) is 6.67. The van der Waals surface area contributed by atoms with Crippen molar-refractivity contribution in [2.24, 2.45) is 0 Å². The summed E-state index contributed by atoms with van der Waals surface area (Å²) < 4.78 is 20.1. The highest BCUT2D eigenvalue weighted by molar-refractivity contribution is 9.10. The van der Waals surface area contributed by atoms with Gasteiger partial charge in [-0.3, -0.25) is 0 Å². The van der Waals surface area contributed by atoms with Crippen LogP contribution >= 0.6 is 27.5 Å². The third-order valence-electron chi connectivity index (χ3n) is 2.61. The molecular weight excluding hydrogens is 321 g/mol. The fraction of sp³-hybridized carbons (Fsp3) is 0.231. The second-order valence-corrected chi connectivity index (χ2v) is 5.00. The van der Waals surface area contributed by atoms with Crippen LogP contribution < -0.4 is 5.32 Å². The number of benzene rings is 1. The monoisotopic (exact) mass is 331 g/mol. The van der Waals surface area contributed by atoms with E-state index in [2.05, 4.69) is 21.2 Å². The van der Waals surface area contributed by atoms with Crippen molar-refractivity contribution in [1.29, 1.82) is 0 Å². The lowest BCUT2D eigenvalue weighted by Gasteiger charge is -2.17. The van der Waals surface area contributed by atoms with Gasteiger partial charge >= 0.3 is 0 Å². The Hall–Kier alpha value is -0.840. The minimum Gasteiger partial charge on any atom is -0.467 e. The smallest absolute Gasteiger partial charge is 0.148 e. The summed E-state index contributed by atoms with van der Waals surface area (Å²) in [5, 5.41) is 3.27. The molecule has 1 N–H and O–H groups in total. The quantitative estimate of drug-likeness (QED) is 0.832. The molecule has 0 bridgehead atoms. The normalized spacial score (nSPS) is 12.7. The number of rotatable bonds is 4. The van der Waals surface area contributed by atoms with Crippen molar-refractivity contribution in [3.05, 3.63) is 57.2 Å². The van der Waals surface area contributed by atoms with Gasteiger partial charge in [0.2, 0.25) is 0 Å². The Balaban J connectivity index is 2.47. The van der Waals surface area contributed by atoms with Gasteiger partial charge in [-0.05, 0) is 40.7 Å². The van der Waals surface area contributed by atoms with Gasteiger partial charge in [0, 0.05) is 10.0 Å². The summed E-state index contributed by atoms with van der Waals surface area (Å²) in [6.07, 6.45) is 1.57. The highest BCUT2D eigenvalue weighted by atomic mass is 79.9. The summed E-state index contributed by atoms with van der Waals surface area (Å²) in [5.74, 6) is 0.225. The van der Waals surface area contributed by atoms with Crippen LogP contribution in [0.25, 0.3) is 0 Å². The molecule has 0 saturated carbocycles. The van der Waals surface area contributed by atoms with Crippen molar-refractivity contribution in [1.82, 2.24) is 5.32 Å². The van der Waals surface area contributed by atoms with Crippen molar-refractivity contribution in [2.45, 2.75) is 13.0 Å². The zero-order valence-electron chi connectivity index (χ0n) is 9.71. The molecule has 2 aromatic rings. The Bertz CT molecular complexity index is 530. The molecule has 2 rings (SSSR count). The molecule has 1 aromatic carbocycles. The third kappa shape index (κ3) is 2.60. The fourth-order valence-electron chi connectivity index (χ4n) is 1.79. The van der Waals surface area contributed by atoms with Crippen LogP contribution in [0.2, 0.25) is 5.02 Å². The van der Waals surface area contributed by atoms with Crippen LogP contribution in [0, 0.1) is 5.82 Å². The second kappa shape index (κ2) is 5.87. The number of hydrogen-bond acceptors (Lipinski definition) is 2. The van der Waals surface area contributed by atoms with Gasteiger partial charge in [0.05, 0.1) is 17.3 Å². The van der Waals surface area contributed by atoms with Crippen LogP contribution in [0.3, 0.4) is 0 Å². The summed E-state index contributed by atoms with van der Waals surface area (Å²) in [6.45, 7) is 2.65. The molecule has 0 radical (unpaired) electrons. The largest absolute Gasteiger partial charge is 0.467 e. The maximum Gasteiger partial charge on any atom is 0.148 e. The zero-order valence-corrected chi connectivity index (χ0v) is 12.1. The van der Waals surface area contributed by atoms with E-state index in [1.54, 1.807) is 24.5 Å². The minimum atomic E-state index is -0.437. The van der Waals surface area contributed by atoms with E-state index in [0.717, 1.165) is 0 Å². The van der Waals surface area contributed by atoms with Gasteiger partial charge in [0.15, 0.2) is 0 Å². The molecular formula is C13H12BrClFNO. The Morgan fingerprint density at radius 3 is 2.83 bits per heavy atom. The first kappa shape index (κ1) is 13.6. The van der Waals surface area contributed by atoms with E-state index in [1.165, 1.54) is 0 Å². The SMILES string of the molecule is CCNC(c1ccco1)c1ccc(Br)c(Cl)c1F. The topological polar surface area (TPSA) is 25.2 Å². The molecule has 0 aliphatic rings. The van der Waals surface area contributed by atoms with Gasteiger partial charge in [-0.25, -0.2) is 4.39 Å². The maximum atomic E-state index is 14.2. The molecule has 1 heterocycles. The van der Waals surface area contributed by atoms with Crippen LogP contribution in [0.5, 0.6) is 0 Å². The highest BCUT2D eigenvalue weighted by Crippen LogP contribution is 2.32. The summed E-state index contributed by atoms with van der Waals surface area (Å²) >= 11 is 9.11. The third-order valence-corrected chi connectivity index (χ3v) is 3.87. The molecule has 1 unspecified atom stereocenters. The molecule has 0 saturated heterocycles. The molecule has 0 aliphatic carbocycles. The molecule has 5 heteroatoms. The molecule has 0 fully saturated rings. The van der Waals surface area contributed by atoms with Crippen molar-refractivity contribution in [3.8, 4) is 0 Å². The van der Waals surface area contributed by atoms with Crippen molar-refractivity contribution in [2.75, 3.05) is 6.54 Å². The molecule has 0 spiro atoms. The van der Waals surface area contributed by atoms with Crippen LogP contribution in [-0.4, -0.2) is 6.54 Å². The summed E-state index contributed by atoms with van der Waals surface area (Å²) in [5.41, 5.74) is 0.472. The first-order valence-electron chi connectivity index (χ1n) is 5.55. The van der Waals surface area contributed by atoms with Crippen molar-refractivity contribution < 1.29 is 8.81 Å². The Morgan fingerprint density at radius 2 is 2.22 bits per heavy atom. The van der Waals surface area contributed by atoms with Gasteiger partial charge in [0.25, 0.3) is 0 Å². The van der Waals surface area contributed by atoms with E-state index in [-0.39, 0.29) is 11.1 Å². The first-order chi connectivity index (χ1) is 8.65. The molecule has 1 aromatic heterocycles. The van der Waals surface area contributed by atoms with E-state index in [0.29, 0.717) is 22.3 Å². The van der Waals surface area contributed by atoms with Crippen molar-refractivity contribution in [3.63, 3.8) is 0 Å². The van der Waals surface area contributed by atoms with Gasteiger partial charge in [-0.15, -0.1) is 0 Å². The van der Waals surface area contributed by atoms with Crippen LogP contribution in [-0.2, 0) is 0 Å². The van der Waals surface area contributed by atoms with E-state index in [1.807, 2.05) is 13.0 Å². The molecule has 2 nitrogen and oxygen atoms in total. The standard InChI is InChI=1S/C13H12BrClFNO/c1-2-17-13(10-4-3-7-18-10)8-5-6-9(14)11(15)12(8)16/h3-7,13,17H,2H2,1H3. The number of furan rings is 1. The first-order valence-corrected chi connectivity index (χ1v) is 6.72. The average Bonchev–Trinajstić information content (AvgIpc) is 2.88. The van der Waals surface area contributed by atoms with Crippen LogP contribution in [0.4, 0.5) is 4.39 Å². The zero-order chi connectivity index (χ0) is 13.1. The lowest BCUT2D eigenvalue weighted by molar-refractivity contribution is 0.441. The predicted molar refractivity (Wildman–Crippen MR) is 73.3 cm³/mol. The number of nitrogens with one attached hydrogen (secondary N) is 1. The molecule has 96 valence electrons. The molecule has 1 atom stereocenters. The van der Waals surface area contributed by atoms with E-state index in [4.69, 9.17) is 16.0 Å². The Kier molecular flexibility index (Phi) is 4.43. The lowest BCUT2D eigenvalue weighted by Crippen LogP contribution is -2.22. The summed E-state index contributed by atoms with van der Waals surface area (Å²) in [7, 11) is 0. The van der Waals surface area contributed by atoms with Gasteiger partial charge in [0.1, 0.15) is 11.6 Å². The van der Waals surface area contributed by atoms with E-state index >= 15 is 0 Å². The van der Waals surface area contributed by atoms with Crippen LogP contribution in [0.1, 0.15) is 24.3 Å². The van der Waals surface area contributed by atoms with Gasteiger partial charge in [-0.1, -0.05) is 24.6 Å². The summed E-state index contributed by atoms with van der Waals surface area (Å²) in [4.78, 5) is 0. The minimum absolute atomic E-state index is 0.0851. The Morgan fingerprint density at radius 1 is 1.44 bits per heavy atom. The number of halogens is 3. The molecule has 0 amide bonds. The maximum absolute atomic E-state index is 14.2. The van der Waals surface area contributed by atoms with Gasteiger partial charge in [-0.2, -0.15) is 0 Å². The Labute approximate surface area is 118 Å². The fourth-order valence-corrected chi connectivity index (χ4v) is 2.27. The predicted octanol–water partition coefficient (Wildman–Crippen LogP) is 4.53.